The van der Waals surface area contributed by atoms with Gasteiger partial charge in [-0.15, -0.1) is 17.5 Å². The Morgan fingerprint density at radius 2 is 1.83 bits per heavy atom. The van der Waals surface area contributed by atoms with Crippen molar-refractivity contribution in [1.29, 1.82) is 0 Å². The van der Waals surface area contributed by atoms with E-state index in [0.29, 0.717) is 78.5 Å². The van der Waals surface area contributed by atoms with Crippen LogP contribution in [0.15, 0.2) is 48.8 Å². The second-order valence-electron chi connectivity index (χ2n) is 16.5. The molecule has 0 spiro atoms. The zero-order chi connectivity index (χ0) is 44.2. The van der Waals surface area contributed by atoms with Gasteiger partial charge in [-0.3, -0.25) is 38.8 Å². The number of nitrogens with zero attached hydrogens (tertiary/aromatic N) is 8. The van der Waals surface area contributed by atoms with Gasteiger partial charge < -0.3 is 30.1 Å². The highest BCUT2D eigenvalue weighted by Gasteiger charge is 2.42. The molecule has 0 bridgehead atoms. The lowest BCUT2D eigenvalue weighted by Crippen LogP contribution is -2.55. The Balaban J connectivity index is 0.00000612. The Bertz CT molecular complexity index is 2440. The standard InChI is InChI=1S/C45H53N11O7.ClH/c1-4-34-45(62)53(2)36-24-47-39(49-42(36)56(34)30-8-5-6-9-30)23-28-13-12-27(22-38(28)63-3)37(57)16-14-29-25-54(52-51-29)21-20-46-19-18-41(59)48-33-11-7-10-31-32(33)26-55(44(31)61)35-15-17-40(58)50-43(35)60;/h7,10-13,22,24-25,30,34-35,46H,4-6,8-9,14-21,23,26H2,1-3H3,(H,48,59)(H,50,58,60);1H/t34-,35?;/m1./s1. The zero-order valence-corrected chi connectivity index (χ0v) is 37.1. The predicted molar refractivity (Wildman–Crippen MR) is 239 cm³/mol. The average Bonchev–Trinajstić information content (AvgIpc) is 4.06. The quantitative estimate of drug-likeness (QED) is 0.0783. The highest BCUT2D eigenvalue weighted by atomic mass is 35.5. The number of halogens is 1. The van der Waals surface area contributed by atoms with E-state index in [0.717, 1.165) is 42.8 Å². The van der Waals surface area contributed by atoms with E-state index in [1.54, 1.807) is 60.3 Å². The molecular weight excluding hydrogens is 842 g/mol. The van der Waals surface area contributed by atoms with Crippen molar-refractivity contribution in [1.82, 2.24) is 40.5 Å². The van der Waals surface area contributed by atoms with Gasteiger partial charge in [0.05, 0.1) is 25.5 Å². The number of benzene rings is 2. The van der Waals surface area contributed by atoms with Crippen molar-refractivity contribution in [3.8, 4) is 5.75 Å². The molecule has 2 atom stereocenters. The van der Waals surface area contributed by atoms with Crippen LogP contribution in [0.4, 0.5) is 17.2 Å². The number of aromatic nitrogens is 5. The minimum absolute atomic E-state index is 0. The summed E-state index contributed by atoms with van der Waals surface area (Å²) in [5.41, 5.74) is 4.38. The summed E-state index contributed by atoms with van der Waals surface area (Å²) in [6.45, 7) is 3.65. The van der Waals surface area contributed by atoms with Crippen LogP contribution in [0.1, 0.15) is 108 Å². The van der Waals surface area contributed by atoms with Gasteiger partial charge in [0.25, 0.3) is 5.91 Å². The maximum atomic E-state index is 13.3. The van der Waals surface area contributed by atoms with Gasteiger partial charge in [-0.2, -0.15) is 0 Å². The Kier molecular flexibility index (Phi) is 14.3. The number of ether oxygens (including phenoxy) is 1. The van der Waals surface area contributed by atoms with Gasteiger partial charge in [0.2, 0.25) is 23.6 Å². The predicted octanol–water partition coefficient (Wildman–Crippen LogP) is 3.79. The van der Waals surface area contributed by atoms with Crippen LogP contribution in [-0.4, -0.2) is 111 Å². The van der Waals surface area contributed by atoms with Crippen LogP contribution in [0.3, 0.4) is 0 Å². The summed E-state index contributed by atoms with van der Waals surface area (Å²) in [6.07, 6.45) is 10.3. The third kappa shape index (κ3) is 9.62. The molecule has 5 amide bonds. The second-order valence-corrected chi connectivity index (χ2v) is 16.5. The zero-order valence-electron chi connectivity index (χ0n) is 36.3. The number of nitrogens with one attached hydrogen (secondary N) is 3. The van der Waals surface area contributed by atoms with Crippen molar-refractivity contribution < 1.29 is 33.5 Å². The van der Waals surface area contributed by atoms with E-state index >= 15 is 0 Å². The summed E-state index contributed by atoms with van der Waals surface area (Å²) >= 11 is 0. The Morgan fingerprint density at radius 3 is 2.59 bits per heavy atom. The molecule has 19 heteroatoms. The fourth-order valence-corrected chi connectivity index (χ4v) is 9.12. The van der Waals surface area contributed by atoms with E-state index in [1.807, 2.05) is 19.2 Å². The molecule has 1 aliphatic carbocycles. The van der Waals surface area contributed by atoms with Crippen molar-refractivity contribution in [2.45, 2.75) is 109 Å². The van der Waals surface area contributed by atoms with E-state index in [1.165, 1.54) is 4.90 Å². The molecule has 8 rings (SSSR count). The number of Topliss-reactive ketones (excluding diaryl/α,β-unsaturated/α-hetero) is 1. The number of anilines is 3. The van der Waals surface area contributed by atoms with Gasteiger partial charge in [0.1, 0.15) is 29.3 Å². The first kappa shape index (κ1) is 45.7. The minimum atomic E-state index is -0.733. The number of imide groups is 1. The average molecular weight is 896 g/mol. The summed E-state index contributed by atoms with van der Waals surface area (Å²) in [5.74, 6) is 0.650. The number of amides is 5. The molecule has 338 valence electrons. The maximum Gasteiger partial charge on any atom is 0.255 e. The lowest BCUT2D eigenvalue weighted by molar-refractivity contribution is -0.137. The molecule has 3 aliphatic heterocycles. The number of fused-ring (bicyclic) bond motifs is 2. The molecule has 4 aromatic rings. The number of piperidine rings is 1. The fraction of sp³-hybridized carbons (Fsp3) is 0.467. The molecule has 0 radical (unpaired) electrons. The number of ketones is 1. The number of hydrogen-bond donors (Lipinski definition) is 3. The fourth-order valence-electron chi connectivity index (χ4n) is 9.12. The number of carbonyl (C=O) groups excluding carboxylic acids is 6. The smallest absolute Gasteiger partial charge is 0.255 e. The normalized spacial score (nSPS) is 18.5. The van der Waals surface area contributed by atoms with Gasteiger partial charge in [-0.1, -0.05) is 43.2 Å². The van der Waals surface area contributed by atoms with Crippen LogP contribution in [0, 0.1) is 0 Å². The first-order valence-corrected chi connectivity index (χ1v) is 21.8. The molecule has 18 nitrogen and oxygen atoms in total. The lowest BCUT2D eigenvalue weighted by Gasteiger charge is -2.43. The molecule has 1 saturated carbocycles. The van der Waals surface area contributed by atoms with Crippen molar-refractivity contribution in [2.24, 2.45) is 0 Å². The summed E-state index contributed by atoms with van der Waals surface area (Å²) in [4.78, 5) is 91.7. The summed E-state index contributed by atoms with van der Waals surface area (Å²) in [6, 6.07) is 9.84. The maximum absolute atomic E-state index is 13.3. The number of hydrogen-bond acceptors (Lipinski definition) is 13. The highest BCUT2D eigenvalue weighted by Crippen LogP contribution is 2.40. The van der Waals surface area contributed by atoms with Gasteiger partial charge in [-0.25, -0.2) is 9.97 Å². The molecular formula is C45H54ClN11O7. The number of rotatable bonds is 17. The first-order valence-electron chi connectivity index (χ1n) is 21.8. The highest BCUT2D eigenvalue weighted by molar-refractivity contribution is 6.07. The van der Waals surface area contributed by atoms with Crippen LogP contribution in [-0.2, 0) is 45.1 Å². The number of carbonyl (C=O) groups is 6. The van der Waals surface area contributed by atoms with Crippen molar-refractivity contribution in [2.75, 3.05) is 42.4 Å². The molecule has 64 heavy (non-hydrogen) atoms. The van der Waals surface area contributed by atoms with E-state index in [2.05, 4.69) is 36.1 Å². The monoisotopic (exact) mass is 895 g/mol. The van der Waals surface area contributed by atoms with Gasteiger partial charge in [0, 0.05) is 99.0 Å². The van der Waals surface area contributed by atoms with Crippen LogP contribution >= 0.6 is 12.4 Å². The third-order valence-electron chi connectivity index (χ3n) is 12.5. The second kappa shape index (κ2) is 20.1. The molecule has 2 aromatic carbocycles. The van der Waals surface area contributed by atoms with E-state index in [9.17, 15) is 28.8 Å². The van der Waals surface area contributed by atoms with Gasteiger partial charge in [0.15, 0.2) is 11.6 Å². The molecule has 2 aromatic heterocycles. The van der Waals surface area contributed by atoms with Crippen molar-refractivity contribution in [3.05, 3.63) is 82.6 Å². The Hall–Kier alpha value is -6.27. The largest absolute Gasteiger partial charge is 0.496 e. The molecule has 1 unspecified atom stereocenters. The minimum Gasteiger partial charge on any atom is -0.496 e. The van der Waals surface area contributed by atoms with Crippen molar-refractivity contribution in [3.63, 3.8) is 0 Å². The van der Waals surface area contributed by atoms with Gasteiger partial charge >= 0.3 is 0 Å². The Labute approximate surface area is 377 Å². The molecule has 4 aliphatic rings. The first-order chi connectivity index (χ1) is 30.5. The number of methoxy groups -OCH3 is 1. The van der Waals surface area contributed by atoms with E-state index in [4.69, 9.17) is 9.72 Å². The van der Waals surface area contributed by atoms with E-state index < -0.39 is 11.9 Å². The van der Waals surface area contributed by atoms with Crippen LogP contribution in [0.5, 0.6) is 5.75 Å². The topological polar surface area (TPSA) is 214 Å². The summed E-state index contributed by atoms with van der Waals surface area (Å²) < 4.78 is 7.43. The van der Waals surface area contributed by atoms with E-state index in [-0.39, 0.29) is 86.1 Å². The van der Waals surface area contributed by atoms with Crippen LogP contribution in [0.2, 0.25) is 0 Å². The number of aryl methyl sites for hydroxylation is 1. The molecule has 5 heterocycles. The van der Waals surface area contributed by atoms with Crippen molar-refractivity contribution >= 4 is 64.9 Å². The van der Waals surface area contributed by atoms with Crippen LogP contribution < -0.4 is 30.5 Å². The molecule has 2 fully saturated rings. The van der Waals surface area contributed by atoms with Crippen LogP contribution in [0.25, 0.3) is 0 Å². The number of likely N-dealkylation sites (N-methyl/N-ethyl adjacent to an activating group) is 1. The van der Waals surface area contributed by atoms with Gasteiger partial charge in [-0.05, 0) is 43.9 Å². The summed E-state index contributed by atoms with van der Waals surface area (Å²) in [7, 11) is 3.37. The lowest BCUT2D eigenvalue weighted by atomic mass is 10.0. The summed E-state index contributed by atoms with van der Waals surface area (Å²) in [5, 5.41) is 16.9. The third-order valence-corrected chi connectivity index (χ3v) is 12.5. The SMILES string of the molecule is CC[C@@H]1C(=O)N(C)c2cnc(Cc3ccc(C(=O)CCc4cn(CCNCCC(=O)Nc5cccc6c5CN(C5CCC(=O)NC5=O)C6=O)nn4)cc3OC)nc2N1C1CCCC1.Cl. The molecule has 3 N–H and O–H groups in total. The Morgan fingerprint density at radius 1 is 1.02 bits per heavy atom. The molecule has 1 saturated heterocycles.